The number of rotatable bonds is 8. The molecule has 0 saturated heterocycles. The van der Waals surface area contributed by atoms with Gasteiger partial charge in [-0.1, -0.05) is 12.1 Å². The molecule has 1 heterocycles. The first-order valence-corrected chi connectivity index (χ1v) is 9.80. The molecule has 0 aliphatic carbocycles. The lowest BCUT2D eigenvalue weighted by Crippen LogP contribution is -2.35. The fourth-order valence-corrected chi connectivity index (χ4v) is 3.10. The number of hydrogen-bond donors (Lipinski definition) is 2. The molecule has 0 saturated carbocycles. The van der Waals surface area contributed by atoms with Gasteiger partial charge in [-0.3, -0.25) is 5.32 Å². The number of carbonyl (C=O) groups excluding carboxylic acids is 2. The zero-order valence-electron chi connectivity index (χ0n) is 16.3. The average Bonchev–Trinajstić information content (AvgIpc) is 2.70. The average molecular weight is 437 g/mol. The zero-order chi connectivity index (χ0) is 22.1. The van der Waals surface area contributed by atoms with Crippen LogP contribution in [0.4, 0.5) is 10.7 Å². The highest BCUT2D eigenvalue weighted by Gasteiger charge is 2.22. The molecule has 30 heavy (non-hydrogen) atoms. The molecule has 12 nitrogen and oxygen atoms in total. The Labute approximate surface area is 172 Å². The van der Waals surface area contributed by atoms with Crippen molar-refractivity contribution in [3.63, 3.8) is 0 Å². The number of hydrogen-bond acceptors (Lipinski definition) is 10. The van der Waals surface area contributed by atoms with Gasteiger partial charge in [0.05, 0.1) is 14.2 Å². The first-order chi connectivity index (χ1) is 14.2. The largest absolute Gasteiger partial charge is 0.488 e. The van der Waals surface area contributed by atoms with Crippen LogP contribution in [-0.2, 0) is 19.6 Å². The van der Waals surface area contributed by atoms with Crippen LogP contribution in [0.1, 0.15) is 5.82 Å². The second-order valence-electron chi connectivity index (χ2n) is 5.44. The molecule has 0 spiro atoms. The Morgan fingerprint density at radius 2 is 1.87 bits per heavy atom. The molecule has 2 amide bonds. The van der Waals surface area contributed by atoms with Gasteiger partial charge in [-0.2, -0.15) is 15.0 Å². The summed E-state index contributed by atoms with van der Waals surface area (Å²) < 4.78 is 41.7. The van der Waals surface area contributed by atoms with E-state index in [0.29, 0.717) is 0 Å². The minimum Gasteiger partial charge on any atom is -0.488 e. The lowest BCUT2D eigenvalue weighted by Gasteiger charge is -2.12. The SMILES string of the molecule is COC(=O)/C=C/COc1ccccc1S(=O)(=O)NC(=O)Nc1nc(C)nc(OC)n1. The van der Waals surface area contributed by atoms with Crippen LogP contribution in [0.2, 0.25) is 0 Å². The first kappa shape index (κ1) is 22.5. The van der Waals surface area contributed by atoms with E-state index in [1.54, 1.807) is 13.0 Å². The summed E-state index contributed by atoms with van der Waals surface area (Å²) in [5.41, 5.74) is 0. The molecule has 2 aromatic rings. The summed E-state index contributed by atoms with van der Waals surface area (Å²) in [6.07, 6.45) is 2.49. The number of nitrogens with zero attached hydrogens (tertiary/aromatic N) is 3. The minimum absolute atomic E-state index is 0.0232. The minimum atomic E-state index is -4.30. The van der Waals surface area contributed by atoms with Gasteiger partial charge in [0, 0.05) is 6.08 Å². The number of carbonyl (C=O) groups is 2. The number of benzene rings is 1. The van der Waals surface area contributed by atoms with Crippen molar-refractivity contribution in [3.8, 4) is 11.8 Å². The first-order valence-electron chi connectivity index (χ1n) is 8.32. The molecule has 0 bridgehead atoms. The monoisotopic (exact) mass is 437 g/mol. The van der Waals surface area contributed by atoms with Crippen molar-refractivity contribution in [3.05, 3.63) is 42.2 Å². The number of anilines is 1. The number of aromatic nitrogens is 3. The van der Waals surface area contributed by atoms with Crippen LogP contribution in [0.25, 0.3) is 0 Å². The normalized spacial score (nSPS) is 11.0. The number of urea groups is 1. The maximum Gasteiger partial charge on any atom is 0.335 e. The van der Waals surface area contributed by atoms with Crippen LogP contribution in [0, 0.1) is 6.92 Å². The Kier molecular flexibility index (Phi) is 7.63. The molecule has 160 valence electrons. The molecule has 0 unspecified atom stereocenters. The standard InChI is InChI=1S/C17H19N5O7S/c1-11-18-15(21-17(19-11)28-3)20-16(24)22-30(25,26)13-8-5-4-7-12(13)29-10-6-9-14(23)27-2/h4-9H,10H2,1-3H3,(H2,18,19,20,21,22,24)/b9-6+. The Balaban J connectivity index is 2.11. The number of methoxy groups -OCH3 is 2. The molecule has 0 aliphatic heterocycles. The third-order valence-electron chi connectivity index (χ3n) is 3.29. The molecule has 2 N–H and O–H groups in total. The lowest BCUT2D eigenvalue weighted by molar-refractivity contribution is -0.134. The van der Waals surface area contributed by atoms with Gasteiger partial charge in [0.2, 0.25) is 5.95 Å². The summed E-state index contributed by atoms with van der Waals surface area (Å²) in [4.78, 5) is 34.4. The van der Waals surface area contributed by atoms with Gasteiger partial charge in [0.1, 0.15) is 23.1 Å². The predicted octanol–water partition coefficient (Wildman–Crippen LogP) is 0.807. The van der Waals surface area contributed by atoms with Crippen molar-refractivity contribution in [2.75, 3.05) is 26.1 Å². The molecular weight excluding hydrogens is 418 g/mol. The molecule has 1 aromatic carbocycles. The van der Waals surface area contributed by atoms with E-state index in [4.69, 9.17) is 9.47 Å². The molecule has 0 aliphatic rings. The molecule has 0 radical (unpaired) electrons. The van der Waals surface area contributed by atoms with Crippen molar-refractivity contribution in [1.82, 2.24) is 19.7 Å². The third-order valence-corrected chi connectivity index (χ3v) is 4.66. The number of aryl methyl sites for hydroxylation is 1. The van der Waals surface area contributed by atoms with Crippen LogP contribution in [0.5, 0.6) is 11.8 Å². The number of ether oxygens (including phenoxy) is 3. The van der Waals surface area contributed by atoms with E-state index >= 15 is 0 Å². The fraction of sp³-hybridized carbons (Fsp3) is 0.235. The van der Waals surface area contributed by atoms with Gasteiger partial charge in [-0.15, -0.1) is 0 Å². The van der Waals surface area contributed by atoms with Gasteiger partial charge in [-0.05, 0) is 25.1 Å². The number of para-hydroxylation sites is 1. The fourth-order valence-electron chi connectivity index (χ4n) is 2.05. The Hall–Kier alpha value is -3.74. The number of esters is 1. The van der Waals surface area contributed by atoms with E-state index in [1.165, 1.54) is 38.5 Å². The summed E-state index contributed by atoms with van der Waals surface area (Å²) >= 11 is 0. The topological polar surface area (TPSA) is 159 Å². The highest BCUT2D eigenvalue weighted by Crippen LogP contribution is 2.23. The van der Waals surface area contributed by atoms with Crippen molar-refractivity contribution >= 4 is 28.0 Å². The van der Waals surface area contributed by atoms with Crippen LogP contribution < -0.4 is 19.5 Å². The zero-order valence-corrected chi connectivity index (χ0v) is 17.1. The molecule has 1 aromatic heterocycles. The highest BCUT2D eigenvalue weighted by atomic mass is 32.2. The Morgan fingerprint density at radius 1 is 1.13 bits per heavy atom. The molecule has 0 atom stereocenters. The van der Waals surface area contributed by atoms with Crippen molar-refractivity contribution < 1.29 is 32.2 Å². The maximum absolute atomic E-state index is 12.6. The quantitative estimate of drug-likeness (QED) is 0.447. The summed E-state index contributed by atoms with van der Waals surface area (Å²) in [5.74, 6) is -0.531. The molecule has 2 rings (SSSR count). The Bertz CT molecular complexity index is 1060. The predicted molar refractivity (Wildman–Crippen MR) is 104 cm³/mol. The van der Waals surface area contributed by atoms with Crippen molar-refractivity contribution in [2.45, 2.75) is 11.8 Å². The van der Waals surface area contributed by atoms with E-state index in [0.717, 1.165) is 6.08 Å². The second-order valence-corrected chi connectivity index (χ2v) is 7.09. The van der Waals surface area contributed by atoms with Crippen LogP contribution in [0.3, 0.4) is 0 Å². The number of amides is 2. The van der Waals surface area contributed by atoms with Crippen LogP contribution >= 0.6 is 0 Å². The van der Waals surface area contributed by atoms with Gasteiger partial charge in [-0.25, -0.2) is 22.7 Å². The van der Waals surface area contributed by atoms with Crippen LogP contribution in [-0.4, -0.2) is 56.2 Å². The third kappa shape index (κ3) is 6.41. The van der Waals surface area contributed by atoms with E-state index in [1.807, 2.05) is 4.72 Å². The van der Waals surface area contributed by atoms with Gasteiger partial charge < -0.3 is 14.2 Å². The van der Waals surface area contributed by atoms with E-state index in [2.05, 4.69) is 25.0 Å². The van der Waals surface area contributed by atoms with Crippen molar-refractivity contribution in [1.29, 1.82) is 0 Å². The molecule has 0 fully saturated rings. The summed E-state index contributed by atoms with van der Waals surface area (Å²) in [7, 11) is -1.74. The maximum atomic E-state index is 12.6. The van der Waals surface area contributed by atoms with E-state index < -0.39 is 22.0 Å². The van der Waals surface area contributed by atoms with Crippen LogP contribution in [0.15, 0.2) is 41.3 Å². The summed E-state index contributed by atoms with van der Waals surface area (Å²) in [6.45, 7) is 1.45. The Morgan fingerprint density at radius 3 is 2.57 bits per heavy atom. The highest BCUT2D eigenvalue weighted by molar-refractivity contribution is 7.90. The summed E-state index contributed by atoms with van der Waals surface area (Å²) in [6, 6.07) is 4.54. The molecule has 13 heteroatoms. The van der Waals surface area contributed by atoms with E-state index in [-0.39, 0.29) is 35.0 Å². The molecular formula is C17H19N5O7S. The van der Waals surface area contributed by atoms with Gasteiger partial charge >= 0.3 is 18.0 Å². The smallest absolute Gasteiger partial charge is 0.335 e. The number of sulfonamides is 1. The second kappa shape index (κ2) is 10.2. The van der Waals surface area contributed by atoms with Crippen molar-refractivity contribution in [2.24, 2.45) is 0 Å². The van der Waals surface area contributed by atoms with Gasteiger partial charge in [0.15, 0.2) is 0 Å². The summed E-state index contributed by atoms with van der Waals surface area (Å²) in [5, 5.41) is 2.20. The number of nitrogens with one attached hydrogen (secondary N) is 2. The van der Waals surface area contributed by atoms with Gasteiger partial charge in [0.25, 0.3) is 10.0 Å². The lowest BCUT2D eigenvalue weighted by atomic mass is 10.3. The van der Waals surface area contributed by atoms with E-state index in [9.17, 15) is 18.0 Å².